The summed E-state index contributed by atoms with van der Waals surface area (Å²) in [5.74, 6) is -1.18. The van der Waals surface area contributed by atoms with Gasteiger partial charge in [0.15, 0.2) is 0 Å². The lowest BCUT2D eigenvalue weighted by Crippen LogP contribution is -2.33. The van der Waals surface area contributed by atoms with Gasteiger partial charge >= 0.3 is 0 Å². The molecule has 9 heteroatoms. The second-order valence-electron chi connectivity index (χ2n) is 7.24. The number of amides is 1. The first-order valence-electron chi connectivity index (χ1n) is 10.0. The van der Waals surface area contributed by atoms with Crippen molar-refractivity contribution in [1.29, 1.82) is 5.26 Å². The number of sulfonamides is 1. The van der Waals surface area contributed by atoms with E-state index >= 15 is 0 Å². The Balaban J connectivity index is 1.91. The highest BCUT2D eigenvalue weighted by atomic mass is 32.2. The van der Waals surface area contributed by atoms with Crippen LogP contribution in [0.5, 0.6) is 5.75 Å². The number of ether oxygens (including phenoxy) is 1. The topological polar surface area (TPSA) is 99.5 Å². The monoisotopic (exact) mass is 445 g/mol. The summed E-state index contributed by atoms with van der Waals surface area (Å²) in [6, 6.07) is 10.4. The number of hydrogen-bond acceptors (Lipinski definition) is 5. The number of carbonyl (C=O) groups excluding carboxylic acids is 1. The fourth-order valence-corrected chi connectivity index (χ4v) is 5.24. The van der Waals surface area contributed by atoms with E-state index in [-0.39, 0.29) is 21.8 Å². The predicted molar refractivity (Wildman–Crippen MR) is 112 cm³/mol. The molecule has 1 amide bonds. The molecule has 1 unspecified atom stereocenters. The second-order valence-corrected chi connectivity index (χ2v) is 9.15. The van der Waals surface area contributed by atoms with Crippen LogP contribution in [0.25, 0.3) is 0 Å². The van der Waals surface area contributed by atoms with Gasteiger partial charge in [-0.25, -0.2) is 12.8 Å². The number of nitrogens with zero attached hydrogens (tertiary/aromatic N) is 2. The molecule has 1 saturated heterocycles. The van der Waals surface area contributed by atoms with E-state index in [1.54, 1.807) is 6.07 Å². The number of benzene rings is 2. The number of methoxy groups -OCH3 is 1. The molecule has 0 radical (unpaired) electrons. The largest absolute Gasteiger partial charge is 0.495 e. The second kappa shape index (κ2) is 9.90. The molecule has 164 valence electrons. The zero-order chi connectivity index (χ0) is 22.4. The summed E-state index contributed by atoms with van der Waals surface area (Å²) in [6.07, 6.45) is 3.48. The van der Waals surface area contributed by atoms with Crippen molar-refractivity contribution in [3.05, 3.63) is 59.4 Å². The van der Waals surface area contributed by atoms with Crippen molar-refractivity contribution in [2.45, 2.75) is 36.6 Å². The highest BCUT2D eigenvalue weighted by molar-refractivity contribution is 7.89. The Bertz CT molecular complexity index is 1090. The lowest BCUT2D eigenvalue weighted by atomic mass is 10.1. The highest BCUT2D eigenvalue weighted by Crippen LogP contribution is 2.29. The maximum Gasteiger partial charge on any atom is 0.252 e. The molecule has 3 rings (SSSR count). The van der Waals surface area contributed by atoms with Crippen LogP contribution in [0.1, 0.15) is 47.6 Å². The number of rotatable bonds is 6. The standard InChI is InChI=1S/C22H24FN3O4S/c1-30-20-11-10-16(14-21(20)31(28,29)26-12-6-2-3-7-13-26)22(27)25-19(15-24)17-8-4-5-9-18(17)23/h4-5,8-11,14,19H,2-3,6-7,12-13H2,1H3,(H,25,27). The molecule has 1 N–H and O–H groups in total. The molecule has 2 aromatic rings. The first kappa shape index (κ1) is 22.7. The fourth-order valence-electron chi connectivity index (χ4n) is 3.54. The van der Waals surface area contributed by atoms with Gasteiger partial charge in [0.05, 0.1) is 13.2 Å². The first-order chi connectivity index (χ1) is 14.9. The fraction of sp³-hybridized carbons (Fsp3) is 0.364. The summed E-state index contributed by atoms with van der Waals surface area (Å²) in [4.78, 5) is 12.7. The van der Waals surface area contributed by atoms with Gasteiger partial charge in [0.1, 0.15) is 22.5 Å². The van der Waals surface area contributed by atoms with Gasteiger partial charge in [0.25, 0.3) is 5.91 Å². The molecule has 1 aliphatic rings. The van der Waals surface area contributed by atoms with Crippen LogP contribution in [-0.2, 0) is 10.0 Å². The normalized spacial score (nSPS) is 16.0. The number of carbonyl (C=O) groups is 1. The zero-order valence-electron chi connectivity index (χ0n) is 17.2. The van der Waals surface area contributed by atoms with Crippen molar-refractivity contribution in [2.75, 3.05) is 20.2 Å². The molecule has 31 heavy (non-hydrogen) atoms. The lowest BCUT2D eigenvalue weighted by Gasteiger charge is -2.22. The SMILES string of the molecule is COc1ccc(C(=O)NC(C#N)c2ccccc2F)cc1S(=O)(=O)N1CCCCCC1. The van der Waals surface area contributed by atoms with Gasteiger partial charge in [0.2, 0.25) is 10.0 Å². The molecule has 0 spiro atoms. The molecule has 2 aromatic carbocycles. The number of nitrogens with one attached hydrogen (secondary N) is 1. The van der Waals surface area contributed by atoms with Gasteiger partial charge in [-0.1, -0.05) is 31.0 Å². The van der Waals surface area contributed by atoms with Crippen LogP contribution in [0.4, 0.5) is 4.39 Å². The van der Waals surface area contributed by atoms with Crippen molar-refractivity contribution in [1.82, 2.24) is 9.62 Å². The molecule has 0 aliphatic carbocycles. The quantitative estimate of drug-likeness (QED) is 0.735. The van der Waals surface area contributed by atoms with Crippen LogP contribution in [0.3, 0.4) is 0 Å². The molecule has 7 nitrogen and oxygen atoms in total. The van der Waals surface area contributed by atoms with Gasteiger partial charge in [-0.3, -0.25) is 4.79 Å². The van der Waals surface area contributed by atoms with Gasteiger partial charge in [-0.2, -0.15) is 9.57 Å². The summed E-state index contributed by atoms with van der Waals surface area (Å²) < 4.78 is 47.2. The third kappa shape index (κ3) is 5.03. The Hall–Kier alpha value is -2.96. The minimum atomic E-state index is -3.87. The minimum absolute atomic E-state index is 0.0317. The van der Waals surface area contributed by atoms with E-state index in [1.165, 1.54) is 47.8 Å². The van der Waals surface area contributed by atoms with E-state index in [0.29, 0.717) is 13.1 Å². The molecule has 1 aliphatic heterocycles. The van der Waals surface area contributed by atoms with Gasteiger partial charge in [-0.15, -0.1) is 0 Å². The summed E-state index contributed by atoms with van der Waals surface area (Å²) in [6.45, 7) is 0.817. The lowest BCUT2D eigenvalue weighted by molar-refractivity contribution is 0.0944. The molecule has 0 saturated carbocycles. The average Bonchev–Trinajstić information content (AvgIpc) is 3.07. The van der Waals surface area contributed by atoms with E-state index < -0.39 is 27.8 Å². The van der Waals surface area contributed by atoms with Crippen molar-refractivity contribution in [3.63, 3.8) is 0 Å². The van der Waals surface area contributed by atoms with Gasteiger partial charge in [-0.05, 0) is 37.1 Å². The maximum absolute atomic E-state index is 14.0. The van der Waals surface area contributed by atoms with Gasteiger partial charge in [0, 0.05) is 24.2 Å². The summed E-state index contributed by atoms with van der Waals surface area (Å²) >= 11 is 0. The van der Waals surface area contributed by atoms with Crippen LogP contribution in [0.2, 0.25) is 0 Å². The Morgan fingerprint density at radius 3 is 2.45 bits per heavy atom. The number of hydrogen-bond donors (Lipinski definition) is 1. The molecule has 1 fully saturated rings. The highest BCUT2D eigenvalue weighted by Gasteiger charge is 2.29. The summed E-state index contributed by atoms with van der Waals surface area (Å²) in [5.41, 5.74) is 0.0649. The van der Waals surface area contributed by atoms with Crippen LogP contribution in [-0.4, -0.2) is 38.8 Å². The molecule has 0 bridgehead atoms. The van der Waals surface area contributed by atoms with Crippen molar-refractivity contribution < 1.29 is 22.3 Å². The van der Waals surface area contributed by atoms with E-state index in [4.69, 9.17) is 4.74 Å². The molecule has 0 aromatic heterocycles. The maximum atomic E-state index is 14.0. The molecule has 1 atom stereocenters. The van der Waals surface area contributed by atoms with E-state index in [2.05, 4.69) is 5.32 Å². The number of halogens is 1. The number of nitriles is 1. The van der Waals surface area contributed by atoms with Crippen LogP contribution in [0, 0.1) is 17.1 Å². The van der Waals surface area contributed by atoms with Crippen LogP contribution >= 0.6 is 0 Å². The minimum Gasteiger partial charge on any atom is -0.495 e. The predicted octanol–water partition coefficient (Wildman–Crippen LogP) is 3.39. The molecular formula is C22H24FN3O4S. The first-order valence-corrected chi connectivity index (χ1v) is 11.5. The van der Waals surface area contributed by atoms with Crippen molar-refractivity contribution >= 4 is 15.9 Å². The van der Waals surface area contributed by atoms with E-state index in [9.17, 15) is 22.9 Å². The third-order valence-corrected chi connectivity index (χ3v) is 7.15. The summed E-state index contributed by atoms with van der Waals surface area (Å²) in [7, 11) is -2.51. The van der Waals surface area contributed by atoms with Crippen molar-refractivity contribution in [2.24, 2.45) is 0 Å². The van der Waals surface area contributed by atoms with Gasteiger partial charge < -0.3 is 10.1 Å². The Morgan fingerprint density at radius 2 is 1.84 bits per heavy atom. The van der Waals surface area contributed by atoms with Crippen LogP contribution in [0.15, 0.2) is 47.4 Å². The molecule has 1 heterocycles. The molecular weight excluding hydrogens is 421 g/mol. The summed E-state index contributed by atoms with van der Waals surface area (Å²) in [5, 5.41) is 11.9. The Kier molecular flexibility index (Phi) is 7.25. The van der Waals surface area contributed by atoms with E-state index in [1.807, 2.05) is 6.07 Å². The van der Waals surface area contributed by atoms with Crippen molar-refractivity contribution in [3.8, 4) is 11.8 Å². The van der Waals surface area contributed by atoms with E-state index in [0.717, 1.165) is 25.7 Å². The Labute approximate surface area is 181 Å². The average molecular weight is 446 g/mol. The van der Waals surface area contributed by atoms with Crippen LogP contribution < -0.4 is 10.1 Å². The zero-order valence-corrected chi connectivity index (χ0v) is 18.0. The Morgan fingerprint density at radius 1 is 1.16 bits per heavy atom. The third-order valence-electron chi connectivity index (χ3n) is 5.23. The smallest absolute Gasteiger partial charge is 0.252 e.